The maximum absolute atomic E-state index is 8.06. The number of hydrogen-bond acceptors (Lipinski definition) is 1. The van der Waals surface area contributed by atoms with E-state index in [4.69, 9.17) is 4.57 Å². The van der Waals surface area contributed by atoms with E-state index in [9.17, 15) is 0 Å². The topological polar surface area (TPSA) is 17.1 Å². The molecule has 0 aromatic rings. The van der Waals surface area contributed by atoms with Gasteiger partial charge in [-0.2, -0.15) is 0 Å². The summed E-state index contributed by atoms with van der Waals surface area (Å²) in [5, 5.41) is 0. The molecule has 4 heteroatoms. The van der Waals surface area contributed by atoms with E-state index in [2.05, 4.69) is 0 Å². The molecular weight excluding hydrogens is 125 g/mol. The van der Waals surface area contributed by atoms with Crippen molar-refractivity contribution in [3.63, 3.8) is 0 Å². The summed E-state index contributed by atoms with van der Waals surface area (Å²) in [5.41, 5.74) is 0. The summed E-state index contributed by atoms with van der Waals surface area (Å²) in [6, 6.07) is 0. The molecule has 0 fully saturated rings. The van der Waals surface area contributed by atoms with Crippen molar-refractivity contribution in [1.82, 2.24) is 0 Å². The van der Waals surface area contributed by atoms with Crippen LogP contribution in [0.4, 0.5) is 0 Å². The van der Waals surface area contributed by atoms with Gasteiger partial charge in [0, 0.05) is 17.1 Å². The first-order chi connectivity index (χ1) is 1.00. The molecular formula is H2MnNaOP. The Bertz CT molecular complexity index is 11.6. The van der Waals surface area contributed by atoms with E-state index in [-0.39, 0.29) is 48.1 Å². The molecule has 0 saturated heterocycles. The first kappa shape index (κ1) is 17.5. The van der Waals surface area contributed by atoms with Crippen molar-refractivity contribution in [2.24, 2.45) is 0 Å². The fourth-order valence-electron chi connectivity index (χ4n) is 0. The predicted molar refractivity (Wildman–Crippen MR) is 10.1 cm³/mol. The minimum absolute atomic E-state index is 0. The van der Waals surface area contributed by atoms with E-state index in [1.54, 1.807) is 9.12 Å². The standard InChI is InChI=1S/Mn.Na.HOP.H/c;;1-2;/h;;2H;/q;+1;;-1. The van der Waals surface area contributed by atoms with E-state index >= 15 is 0 Å². The molecule has 0 aliphatic carbocycles. The van der Waals surface area contributed by atoms with Crippen LogP contribution in [0.1, 0.15) is 1.43 Å². The Morgan fingerprint density at radius 3 is 1.50 bits per heavy atom. The Labute approximate surface area is 61.4 Å². The van der Waals surface area contributed by atoms with Gasteiger partial charge in [-0.15, -0.1) is 0 Å². The maximum Gasteiger partial charge on any atom is 1.00 e. The molecule has 0 N–H and O–H groups in total. The summed E-state index contributed by atoms with van der Waals surface area (Å²) in [6.07, 6.45) is 0. The van der Waals surface area contributed by atoms with Crippen molar-refractivity contribution in [2.75, 3.05) is 0 Å². The van der Waals surface area contributed by atoms with Crippen LogP contribution in [0.3, 0.4) is 0 Å². The van der Waals surface area contributed by atoms with Gasteiger partial charge in [-0.05, 0) is 0 Å². The van der Waals surface area contributed by atoms with Gasteiger partial charge in [0.1, 0.15) is 9.12 Å². The van der Waals surface area contributed by atoms with E-state index in [1.165, 1.54) is 0 Å². The van der Waals surface area contributed by atoms with Crippen LogP contribution in [-0.2, 0) is 21.6 Å². The largest absolute Gasteiger partial charge is 1.00 e. The quantitative estimate of drug-likeness (QED) is 0.261. The van der Waals surface area contributed by atoms with Crippen molar-refractivity contribution >= 4 is 9.12 Å². The molecule has 1 nitrogen and oxygen atoms in total. The molecule has 0 atom stereocenters. The molecule has 0 amide bonds. The molecule has 0 aliphatic heterocycles. The summed E-state index contributed by atoms with van der Waals surface area (Å²) < 4.78 is 8.06. The van der Waals surface area contributed by atoms with E-state index in [0.29, 0.717) is 0 Å². The van der Waals surface area contributed by atoms with Gasteiger partial charge in [-0.3, -0.25) is 4.57 Å². The minimum atomic E-state index is 0. The normalized spacial score (nSPS) is 1.00. The zero-order chi connectivity index (χ0) is 2.00. The van der Waals surface area contributed by atoms with Crippen LogP contribution in [-0.4, -0.2) is 0 Å². The average Bonchev–Trinajstić information content (AvgIpc) is 1.00. The van der Waals surface area contributed by atoms with Gasteiger partial charge in [0.05, 0.1) is 0 Å². The Hall–Kier alpha value is 1.62. The van der Waals surface area contributed by atoms with E-state index in [1.807, 2.05) is 0 Å². The van der Waals surface area contributed by atoms with Crippen molar-refractivity contribution in [1.29, 1.82) is 0 Å². The van der Waals surface area contributed by atoms with Crippen molar-refractivity contribution in [2.45, 2.75) is 0 Å². The van der Waals surface area contributed by atoms with E-state index in [0.717, 1.165) is 0 Å². The molecule has 0 aromatic carbocycles. The number of hydrogen-bond donors (Lipinski definition) is 0. The Kier molecular flexibility index (Phi) is 101. The van der Waals surface area contributed by atoms with Crippen molar-refractivity contribution < 1.29 is 52.6 Å². The molecule has 4 heavy (non-hydrogen) atoms. The molecule has 0 aliphatic rings. The predicted octanol–water partition coefficient (Wildman–Crippen LogP) is -2.41. The first-order valence-electron chi connectivity index (χ1n) is 0.204. The van der Waals surface area contributed by atoms with Crippen LogP contribution in [0, 0.1) is 0 Å². The number of rotatable bonds is 0. The third-order valence-electron chi connectivity index (χ3n) is 0. The third-order valence-corrected chi connectivity index (χ3v) is 0. The molecule has 0 aromatic heterocycles. The van der Waals surface area contributed by atoms with Gasteiger partial charge < -0.3 is 1.43 Å². The first-order valence-corrected chi connectivity index (χ1v) is 0.612. The second-order valence-electron chi connectivity index (χ2n) is 0. The van der Waals surface area contributed by atoms with E-state index < -0.39 is 0 Å². The molecule has 1 radical (unpaired) electrons. The van der Waals surface area contributed by atoms with Gasteiger partial charge in [-0.1, -0.05) is 0 Å². The van der Waals surface area contributed by atoms with Crippen molar-refractivity contribution in [3.05, 3.63) is 0 Å². The molecule has 21 valence electrons. The second kappa shape index (κ2) is 23.1. The third kappa shape index (κ3) is 9.47. The minimum Gasteiger partial charge on any atom is -1.00 e. The fraction of sp³-hybridized carbons (Fsp3) is 0. The van der Waals surface area contributed by atoms with Crippen LogP contribution < -0.4 is 29.6 Å². The molecule has 0 bridgehead atoms. The summed E-state index contributed by atoms with van der Waals surface area (Å²) in [5.74, 6) is 0. The van der Waals surface area contributed by atoms with Crippen LogP contribution in [0.2, 0.25) is 0 Å². The molecule has 0 unspecified atom stereocenters. The SMILES string of the molecule is O=P.[H-].[Mn].[Na+]. The van der Waals surface area contributed by atoms with Gasteiger partial charge in [0.25, 0.3) is 0 Å². The summed E-state index contributed by atoms with van der Waals surface area (Å²) >= 11 is 0. The molecule has 0 spiro atoms. The van der Waals surface area contributed by atoms with Crippen molar-refractivity contribution in [3.8, 4) is 0 Å². The smallest absolute Gasteiger partial charge is 1.00 e. The molecule has 0 saturated carbocycles. The van der Waals surface area contributed by atoms with Gasteiger partial charge in [0.15, 0.2) is 0 Å². The fourth-order valence-corrected chi connectivity index (χ4v) is 0. The molecule has 0 rings (SSSR count). The van der Waals surface area contributed by atoms with Crippen LogP contribution >= 0.6 is 9.12 Å². The zero-order valence-corrected chi connectivity index (χ0v) is 6.47. The van der Waals surface area contributed by atoms with Crippen LogP contribution in [0.25, 0.3) is 0 Å². The monoisotopic (exact) mass is 127 g/mol. The Balaban J connectivity index is -0.00000000167. The molecule has 0 heterocycles. The Morgan fingerprint density at radius 1 is 1.50 bits per heavy atom. The van der Waals surface area contributed by atoms with Gasteiger partial charge in [-0.25, -0.2) is 0 Å². The van der Waals surface area contributed by atoms with Crippen LogP contribution in [0.5, 0.6) is 0 Å². The van der Waals surface area contributed by atoms with Gasteiger partial charge >= 0.3 is 29.6 Å². The summed E-state index contributed by atoms with van der Waals surface area (Å²) in [6.45, 7) is 0. The average molecular weight is 127 g/mol. The maximum atomic E-state index is 8.06. The summed E-state index contributed by atoms with van der Waals surface area (Å²) in [7, 11) is 1.72. The van der Waals surface area contributed by atoms with Crippen LogP contribution in [0.15, 0.2) is 0 Å². The Morgan fingerprint density at radius 2 is 1.50 bits per heavy atom. The zero-order valence-electron chi connectivity index (χ0n) is 3.29. The van der Waals surface area contributed by atoms with Gasteiger partial charge in [0.2, 0.25) is 0 Å². The summed E-state index contributed by atoms with van der Waals surface area (Å²) in [4.78, 5) is 0. The second-order valence-corrected chi connectivity index (χ2v) is 0.